The second kappa shape index (κ2) is 8.27. The summed E-state index contributed by atoms with van der Waals surface area (Å²) in [6.07, 6.45) is 4.12. The highest BCUT2D eigenvalue weighted by molar-refractivity contribution is 6.05. The van der Waals surface area contributed by atoms with Crippen LogP contribution in [0.5, 0.6) is 0 Å². The number of rotatable bonds is 6. The van der Waals surface area contributed by atoms with Crippen LogP contribution in [0.15, 0.2) is 67.0 Å². The van der Waals surface area contributed by atoms with Crippen molar-refractivity contribution in [1.29, 1.82) is 0 Å². The van der Waals surface area contributed by atoms with Crippen LogP contribution in [-0.2, 0) is 6.42 Å². The van der Waals surface area contributed by atoms with Crippen molar-refractivity contribution in [1.82, 2.24) is 4.98 Å². The lowest BCUT2D eigenvalue weighted by Gasteiger charge is -2.11. The van der Waals surface area contributed by atoms with Crippen LogP contribution in [0.4, 0.5) is 17.1 Å². The van der Waals surface area contributed by atoms with Gasteiger partial charge in [0.05, 0.1) is 17.4 Å². The van der Waals surface area contributed by atoms with E-state index in [0.717, 1.165) is 17.8 Å². The summed E-state index contributed by atoms with van der Waals surface area (Å²) >= 11 is 0. The van der Waals surface area contributed by atoms with Gasteiger partial charge in [0.25, 0.3) is 5.91 Å². The predicted octanol–water partition coefficient (Wildman–Crippen LogP) is 4.84. The second-order valence-electron chi connectivity index (χ2n) is 6.19. The zero-order chi connectivity index (χ0) is 19.2. The number of pyridine rings is 1. The molecule has 3 rings (SSSR count). The Labute approximate surface area is 158 Å². The average Bonchev–Trinajstić information content (AvgIpc) is 2.69. The highest BCUT2D eigenvalue weighted by Crippen LogP contribution is 2.21. The summed E-state index contributed by atoms with van der Waals surface area (Å²) in [7, 11) is 0. The topological polar surface area (TPSA) is 71.1 Å². The number of aryl methyl sites for hydroxylation is 1. The van der Waals surface area contributed by atoms with Crippen molar-refractivity contribution in [3.05, 3.63) is 83.7 Å². The zero-order valence-corrected chi connectivity index (χ0v) is 15.3. The molecule has 0 fully saturated rings. The monoisotopic (exact) mass is 359 g/mol. The number of Topliss-reactive ketones (excluding diaryl/α,β-unsaturated/α-hetero) is 1. The molecule has 2 aromatic carbocycles. The van der Waals surface area contributed by atoms with Crippen molar-refractivity contribution in [3.63, 3.8) is 0 Å². The minimum absolute atomic E-state index is 0.0109. The Morgan fingerprint density at radius 1 is 0.926 bits per heavy atom. The van der Waals surface area contributed by atoms with Gasteiger partial charge in [0.2, 0.25) is 0 Å². The first kappa shape index (κ1) is 18.3. The van der Waals surface area contributed by atoms with Gasteiger partial charge in [0, 0.05) is 23.1 Å². The van der Waals surface area contributed by atoms with Gasteiger partial charge in [-0.1, -0.05) is 25.1 Å². The molecule has 1 amide bonds. The quantitative estimate of drug-likeness (QED) is 0.618. The van der Waals surface area contributed by atoms with Crippen LogP contribution in [0.25, 0.3) is 0 Å². The molecule has 2 N–H and O–H groups in total. The lowest BCUT2D eigenvalue weighted by molar-refractivity contribution is 0.101. The van der Waals surface area contributed by atoms with E-state index in [-0.39, 0.29) is 11.7 Å². The third-order valence-corrected chi connectivity index (χ3v) is 4.23. The number of ketones is 1. The largest absolute Gasteiger partial charge is 0.354 e. The Kier molecular flexibility index (Phi) is 5.61. The number of hydrogen-bond acceptors (Lipinski definition) is 4. The minimum atomic E-state index is -0.259. The molecule has 0 saturated heterocycles. The van der Waals surface area contributed by atoms with Crippen LogP contribution in [0.1, 0.15) is 40.1 Å². The number of nitrogens with zero attached hydrogens (tertiary/aromatic N) is 1. The molecule has 1 heterocycles. The van der Waals surface area contributed by atoms with E-state index in [1.54, 1.807) is 36.5 Å². The molecule has 27 heavy (non-hydrogen) atoms. The van der Waals surface area contributed by atoms with Crippen molar-refractivity contribution < 1.29 is 9.59 Å². The van der Waals surface area contributed by atoms with Crippen LogP contribution in [-0.4, -0.2) is 16.7 Å². The lowest BCUT2D eigenvalue weighted by atomic mass is 10.1. The molecule has 0 unspecified atom stereocenters. The van der Waals surface area contributed by atoms with Crippen LogP contribution >= 0.6 is 0 Å². The van der Waals surface area contributed by atoms with Crippen molar-refractivity contribution in [3.8, 4) is 0 Å². The number of nitrogens with one attached hydrogen (secondary N) is 2. The third kappa shape index (κ3) is 4.58. The fourth-order valence-electron chi connectivity index (χ4n) is 2.73. The van der Waals surface area contributed by atoms with Crippen molar-refractivity contribution in [2.75, 3.05) is 10.6 Å². The van der Waals surface area contributed by atoms with E-state index in [1.807, 2.05) is 18.2 Å². The fraction of sp³-hybridized carbons (Fsp3) is 0.136. The van der Waals surface area contributed by atoms with Gasteiger partial charge >= 0.3 is 0 Å². The molecule has 5 nitrogen and oxygen atoms in total. The maximum atomic E-state index is 12.5. The van der Waals surface area contributed by atoms with Gasteiger partial charge in [-0.05, 0) is 55.3 Å². The molecule has 5 heteroatoms. The summed E-state index contributed by atoms with van der Waals surface area (Å²) in [4.78, 5) is 28.0. The number of para-hydroxylation sites is 1. The molecule has 0 bridgehead atoms. The molecule has 0 saturated carbocycles. The predicted molar refractivity (Wildman–Crippen MR) is 108 cm³/mol. The minimum Gasteiger partial charge on any atom is -0.354 e. The smallest absolute Gasteiger partial charge is 0.257 e. The van der Waals surface area contributed by atoms with Crippen molar-refractivity contribution in [2.45, 2.75) is 20.3 Å². The lowest BCUT2D eigenvalue weighted by Crippen LogP contribution is -2.12. The number of amides is 1. The van der Waals surface area contributed by atoms with Gasteiger partial charge in [-0.3, -0.25) is 14.6 Å². The van der Waals surface area contributed by atoms with E-state index in [0.29, 0.717) is 16.8 Å². The Balaban J connectivity index is 1.74. The first-order valence-electron chi connectivity index (χ1n) is 8.79. The number of anilines is 3. The van der Waals surface area contributed by atoms with Gasteiger partial charge in [0.1, 0.15) is 0 Å². The van der Waals surface area contributed by atoms with Crippen molar-refractivity contribution >= 4 is 28.8 Å². The summed E-state index contributed by atoms with van der Waals surface area (Å²) in [6, 6.07) is 16.6. The second-order valence-corrected chi connectivity index (χ2v) is 6.19. The molecule has 0 atom stereocenters. The van der Waals surface area contributed by atoms with E-state index in [4.69, 9.17) is 0 Å². The van der Waals surface area contributed by atoms with Crippen LogP contribution in [0.2, 0.25) is 0 Å². The normalized spacial score (nSPS) is 10.3. The molecule has 136 valence electrons. The van der Waals surface area contributed by atoms with E-state index >= 15 is 0 Å². The Morgan fingerprint density at radius 2 is 1.67 bits per heavy atom. The zero-order valence-electron chi connectivity index (χ0n) is 15.3. The number of aromatic nitrogens is 1. The van der Waals surface area contributed by atoms with Gasteiger partial charge < -0.3 is 10.6 Å². The molecule has 3 aromatic rings. The van der Waals surface area contributed by atoms with E-state index in [1.165, 1.54) is 18.7 Å². The maximum Gasteiger partial charge on any atom is 0.257 e. The number of carbonyl (C=O) groups is 2. The van der Waals surface area contributed by atoms with Crippen LogP contribution in [0.3, 0.4) is 0 Å². The first-order valence-corrected chi connectivity index (χ1v) is 8.79. The van der Waals surface area contributed by atoms with E-state index in [9.17, 15) is 9.59 Å². The van der Waals surface area contributed by atoms with Gasteiger partial charge in [-0.15, -0.1) is 0 Å². The van der Waals surface area contributed by atoms with E-state index < -0.39 is 0 Å². The maximum absolute atomic E-state index is 12.5. The molecule has 0 aliphatic heterocycles. The number of hydrogen-bond donors (Lipinski definition) is 2. The first-order chi connectivity index (χ1) is 13.1. The molecule has 0 spiro atoms. The Hall–Kier alpha value is -3.47. The summed E-state index contributed by atoms with van der Waals surface area (Å²) in [5.41, 5.74) is 4.62. The molecular weight excluding hydrogens is 338 g/mol. The van der Waals surface area contributed by atoms with Gasteiger partial charge in [-0.25, -0.2) is 0 Å². The summed E-state index contributed by atoms with van der Waals surface area (Å²) in [6.45, 7) is 3.61. The van der Waals surface area contributed by atoms with Gasteiger partial charge in [0.15, 0.2) is 5.78 Å². The number of carbonyl (C=O) groups excluding carboxylic acids is 2. The molecular formula is C22H21N3O2. The SMILES string of the molecule is CCc1ccccc1Nc1cncc(C(=O)Nc2ccc(C(C)=O)cc2)c1. The fourth-order valence-corrected chi connectivity index (χ4v) is 2.73. The number of benzene rings is 2. The third-order valence-electron chi connectivity index (χ3n) is 4.23. The highest BCUT2D eigenvalue weighted by atomic mass is 16.1. The van der Waals surface area contributed by atoms with Crippen LogP contribution < -0.4 is 10.6 Å². The molecule has 0 aliphatic carbocycles. The molecule has 1 aromatic heterocycles. The standard InChI is InChI=1S/C22H21N3O2/c1-3-16-6-4-5-7-21(16)24-20-12-18(13-23-14-20)22(27)25-19-10-8-17(9-11-19)15(2)26/h4-14,24H,3H2,1-2H3,(H,25,27). The average molecular weight is 359 g/mol. The molecule has 0 radical (unpaired) electrons. The van der Waals surface area contributed by atoms with Gasteiger partial charge in [-0.2, -0.15) is 0 Å². The summed E-state index contributed by atoms with van der Waals surface area (Å²) in [5, 5.41) is 6.14. The summed E-state index contributed by atoms with van der Waals surface area (Å²) < 4.78 is 0. The highest BCUT2D eigenvalue weighted by Gasteiger charge is 2.09. The Bertz CT molecular complexity index is 965. The Morgan fingerprint density at radius 3 is 2.37 bits per heavy atom. The molecule has 0 aliphatic rings. The van der Waals surface area contributed by atoms with E-state index in [2.05, 4.69) is 28.6 Å². The summed E-state index contributed by atoms with van der Waals surface area (Å²) in [5.74, 6) is -0.270. The van der Waals surface area contributed by atoms with Crippen LogP contribution in [0, 0.1) is 0 Å². The van der Waals surface area contributed by atoms with Crippen molar-refractivity contribution in [2.24, 2.45) is 0 Å².